The standard InChI is InChI=1S/C16H16O2/c1-3-12-8-4-5-9-13(12)14-10-6-7-11-15(14)16(17)18-2/h4-11H,3H2,1-2H3. The SMILES string of the molecule is CCc1ccccc1-c1ccccc1C(=O)OC. The quantitative estimate of drug-likeness (QED) is 0.764. The molecule has 92 valence electrons. The van der Waals surface area contributed by atoms with Gasteiger partial charge in [-0.25, -0.2) is 4.79 Å². The Hall–Kier alpha value is -2.09. The lowest BCUT2D eigenvalue weighted by Gasteiger charge is -2.11. The summed E-state index contributed by atoms with van der Waals surface area (Å²) in [6.45, 7) is 2.11. The molecule has 0 spiro atoms. The summed E-state index contributed by atoms with van der Waals surface area (Å²) in [5.41, 5.74) is 3.87. The van der Waals surface area contributed by atoms with Crippen LogP contribution < -0.4 is 0 Å². The Labute approximate surface area is 107 Å². The highest BCUT2D eigenvalue weighted by Crippen LogP contribution is 2.27. The first kappa shape index (κ1) is 12.4. The molecule has 0 aromatic heterocycles. The highest BCUT2D eigenvalue weighted by atomic mass is 16.5. The van der Waals surface area contributed by atoms with Crippen LogP contribution in [0.15, 0.2) is 48.5 Å². The minimum absolute atomic E-state index is 0.295. The molecule has 0 aliphatic carbocycles. The number of aryl methyl sites for hydroxylation is 1. The van der Waals surface area contributed by atoms with Crippen molar-refractivity contribution in [3.8, 4) is 11.1 Å². The lowest BCUT2D eigenvalue weighted by Crippen LogP contribution is -2.04. The summed E-state index contributed by atoms with van der Waals surface area (Å²) in [6.07, 6.45) is 0.936. The van der Waals surface area contributed by atoms with E-state index < -0.39 is 0 Å². The summed E-state index contributed by atoms with van der Waals surface area (Å²) in [4.78, 5) is 11.8. The number of rotatable bonds is 3. The topological polar surface area (TPSA) is 26.3 Å². The Morgan fingerprint density at radius 3 is 2.28 bits per heavy atom. The van der Waals surface area contributed by atoms with Crippen molar-refractivity contribution in [3.63, 3.8) is 0 Å². The fourth-order valence-corrected chi connectivity index (χ4v) is 2.10. The average molecular weight is 240 g/mol. The van der Waals surface area contributed by atoms with Crippen LogP contribution in [0.25, 0.3) is 11.1 Å². The second-order valence-electron chi connectivity index (χ2n) is 4.05. The molecule has 0 heterocycles. The van der Waals surface area contributed by atoms with Crippen LogP contribution in [0.3, 0.4) is 0 Å². The molecule has 0 bridgehead atoms. The van der Waals surface area contributed by atoms with Crippen molar-refractivity contribution in [2.24, 2.45) is 0 Å². The Kier molecular flexibility index (Phi) is 3.78. The van der Waals surface area contributed by atoms with Crippen molar-refractivity contribution in [1.29, 1.82) is 0 Å². The molecule has 2 heteroatoms. The van der Waals surface area contributed by atoms with Crippen LogP contribution in [0.5, 0.6) is 0 Å². The van der Waals surface area contributed by atoms with E-state index in [4.69, 9.17) is 4.74 Å². The number of hydrogen-bond donors (Lipinski definition) is 0. The fraction of sp³-hybridized carbons (Fsp3) is 0.188. The molecule has 2 aromatic rings. The number of benzene rings is 2. The normalized spacial score (nSPS) is 10.1. The Balaban J connectivity index is 2.60. The molecule has 0 atom stereocenters. The van der Waals surface area contributed by atoms with E-state index in [9.17, 15) is 4.79 Å². The van der Waals surface area contributed by atoms with Gasteiger partial charge in [-0.15, -0.1) is 0 Å². The summed E-state index contributed by atoms with van der Waals surface area (Å²) in [5.74, 6) is -0.295. The molecule has 0 amide bonds. The molecule has 2 aromatic carbocycles. The number of esters is 1. The summed E-state index contributed by atoms with van der Waals surface area (Å²) < 4.78 is 4.83. The van der Waals surface area contributed by atoms with Gasteiger partial charge >= 0.3 is 5.97 Å². The van der Waals surface area contributed by atoms with E-state index in [0.717, 1.165) is 17.5 Å². The summed E-state index contributed by atoms with van der Waals surface area (Å²) in [6, 6.07) is 15.7. The van der Waals surface area contributed by atoms with Crippen molar-refractivity contribution >= 4 is 5.97 Å². The molecule has 18 heavy (non-hydrogen) atoms. The van der Waals surface area contributed by atoms with Crippen LogP contribution in [0, 0.1) is 0 Å². The molecule has 0 aliphatic rings. The van der Waals surface area contributed by atoms with Crippen LogP contribution in [-0.4, -0.2) is 13.1 Å². The van der Waals surface area contributed by atoms with Crippen LogP contribution >= 0.6 is 0 Å². The van der Waals surface area contributed by atoms with E-state index in [1.54, 1.807) is 6.07 Å². The second kappa shape index (κ2) is 5.50. The highest BCUT2D eigenvalue weighted by molar-refractivity contribution is 5.97. The van der Waals surface area contributed by atoms with Crippen molar-refractivity contribution in [3.05, 3.63) is 59.7 Å². The lowest BCUT2D eigenvalue weighted by molar-refractivity contribution is 0.0601. The van der Waals surface area contributed by atoms with Crippen molar-refractivity contribution < 1.29 is 9.53 Å². The monoisotopic (exact) mass is 240 g/mol. The van der Waals surface area contributed by atoms with Crippen molar-refractivity contribution in [2.75, 3.05) is 7.11 Å². The Bertz CT molecular complexity index is 559. The third-order valence-electron chi connectivity index (χ3n) is 3.02. The third kappa shape index (κ3) is 2.28. The summed E-state index contributed by atoms with van der Waals surface area (Å²) >= 11 is 0. The molecule has 0 fully saturated rings. The number of carbonyl (C=O) groups excluding carboxylic acids is 1. The molecule has 0 radical (unpaired) electrons. The maximum Gasteiger partial charge on any atom is 0.338 e. The number of hydrogen-bond acceptors (Lipinski definition) is 2. The van der Waals surface area contributed by atoms with Gasteiger partial charge in [0, 0.05) is 0 Å². The zero-order chi connectivity index (χ0) is 13.0. The van der Waals surface area contributed by atoms with E-state index in [0.29, 0.717) is 5.56 Å². The number of ether oxygens (including phenoxy) is 1. The molecule has 0 saturated carbocycles. The smallest absolute Gasteiger partial charge is 0.338 e. The molecule has 0 aliphatic heterocycles. The number of methoxy groups -OCH3 is 1. The largest absolute Gasteiger partial charge is 0.465 e. The van der Waals surface area contributed by atoms with E-state index in [1.807, 2.05) is 36.4 Å². The maximum absolute atomic E-state index is 11.8. The minimum Gasteiger partial charge on any atom is -0.465 e. The van der Waals surface area contributed by atoms with Crippen LogP contribution in [0.1, 0.15) is 22.8 Å². The van der Waals surface area contributed by atoms with E-state index in [1.165, 1.54) is 12.7 Å². The van der Waals surface area contributed by atoms with Gasteiger partial charge in [-0.3, -0.25) is 0 Å². The van der Waals surface area contributed by atoms with Gasteiger partial charge < -0.3 is 4.74 Å². The molecular weight excluding hydrogens is 224 g/mol. The van der Waals surface area contributed by atoms with Gasteiger partial charge in [0.25, 0.3) is 0 Å². The average Bonchev–Trinajstić information content (AvgIpc) is 2.46. The predicted molar refractivity (Wildman–Crippen MR) is 72.6 cm³/mol. The first-order valence-electron chi connectivity index (χ1n) is 6.03. The van der Waals surface area contributed by atoms with Gasteiger partial charge in [-0.2, -0.15) is 0 Å². The molecule has 0 unspecified atom stereocenters. The predicted octanol–water partition coefficient (Wildman–Crippen LogP) is 3.70. The minimum atomic E-state index is -0.295. The molecule has 0 N–H and O–H groups in total. The first-order valence-corrected chi connectivity index (χ1v) is 6.03. The fourth-order valence-electron chi connectivity index (χ4n) is 2.10. The molecule has 0 saturated heterocycles. The molecule has 2 rings (SSSR count). The van der Waals surface area contributed by atoms with Gasteiger partial charge in [0.1, 0.15) is 0 Å². The zero-order valence-corrected chi connectivity index (χ0v) is 10.6. The highest BCUT2D eigenvalue weighted by Gasteiger charge is 2.13. The van der Waals surface area contributed by atoms with Gasteiger partial charge in [-0.05, 0) is 29.2 Å². The van der Waals surface area contributed by atoms with E-state index in [2.05, 4.69) is 13.0 Å². The Morgan fingerprint density at radius 1 is 1.00 bits per heavy atom. The first-order chi connectivity index (χ1) is 8.77. The van der Waals surface area contributed by atoms with Gasteiger partial charge in [0.05, 0.1) is 12.7 Å². The van der Waals surface area contributed by atoms with Crippen LogP contribution in [-0.2, 0) is 11.2 Å². The van der Waals surface area contributed by atoms with Crippen molar-refractivity contribution in [1.82, 2.24) is 0 Å². The van der Waals surface area contributed by atoms with Crippen LogP contribution in [0.4, 0.5) is 0 Å². The van der Waals surface area contributed by atoms with Gasteiger partial charge in [0.2, 0.25) is 0 Å². The van der Waals surface area contributed by atoms with Gasteiger partial charge in [0.15, 0.2) is 0 Å². The maximum atomic E-state index is 11.8. The van der Waals surface area contributed by atoms with E-state index in [-0.39, 0.29) is 5.97 Å². The Morgan fingerprint density at radius 2 is 1.61 bits per heavy atom. The van der Waals surface area contributed by atoms with E-state index >= 15 is 0 Å². The summed E-state index contributed by atoms with van der Waals surface area (Å²) in [5, 5.41) is 0. The van der Waals surface area contributed by atoms with Crippen LogP contribution in [0.2, 0.25) is 0 Å². The summed E-state index contributed by atoms with van der Waals surface area (Å²) in [7, 11) is 1.41. The lowest BCUT2D eigenvalue weighted by atomic mass is 9.94. The molecule has 2 nitrogen and oxygen atoms in total. The van der Waals surface area contributed by atoms with Crippen molar-refractivity contribution in [2.45, 2.75) is 13.3 Å². The zero-order valence-electron chi connectivity index (χ0n) is 10.6. The molecular formula is C16H16O2. The van der Waals surface area contributed by atoms with Gasteiger partial charge in [-0.1, -0.05) is 49.4 Å². The second-order valence-corrected chi connectivity index (χ2v) is 4.05. The number of carbonyl (C=O) groups is 1. The third-order valence-corrected chi connectivity index (χ3v) is 3.02.